The Bertz CT molecular complexity index is 475. The van der Waals surface area contributed by atoms with Crippen molar-refractivity contribution < 1.29 is 24.5 Å². The number of benzene rings is 1. The number of hydrogen-bond donors (Lipinski definition) is 2. The number of carbonyl (C=O) groups is 2. The fourth-order valence-corrected chi connectivity index (χ4v) is 1.67. The van der Waals surface area contributed by atoms with Gasteiger partial charge in [-0.15, -0.1) is 0 Å². The maximum absolute atomic E-state index is 11.2. The molecule has 0 unspecified atom stereocenters. The van der Waals surface area contributed by atoms with Crippen molar-refractivity contribution in [3.63, 3.8) is 0 Å². The molecule has 0 atom stereocenters. The van der Waals surface area contributed by atoms with Crippen molar-refractivity contribution in [2.45, 2.75) is 13.5 Å². The predicted octanol–water partition coefficient (Wildman–Crippen LogP) is 1.07. The lowest BCUT2D eigenvalue weighted by Gasteiger charge is -2.06. The second-order valence-corrected chi connectivity index (χ2v) is 3.32. The Morgan fingerprint density at radius 3 is 2.80 bits per heavy atom. The second-order valence-electron chi connectivity index (χ2n) is 3.32. The average molecular weight is 208 g/mol. The minimum atomic E-state index is -1.22. The highest BCUT2D eigenvalue weighted by atomic mass is 16.5. The number of aromatic hydroxyl groups is 1. The minimum absolute atomic E-state index is 0.0675. The number of carboxylic acid groups (broad SMARTS) is 1. The summed E-state index contributed by atoms with van der Waals surface area (Å²) in [5.41, 5.74) is 0.835. The summed E-state index contributed by atoms with van der Waals surface area (Å²) >= 11 is 0. The van der Waals surface area contributed by atoms with Gasteiger partial charge in [-0.2, -0.15) is 0 Å². The number of phenols is 1. The molecule has 0 spiro atoms. The third-order valence-corrected chi connectivity index (χ3v) is 2.38. The van der Waals surface area contributed by atoms with Gasteiger partial charge in [0.05, 0.1) is 5.56 Å². The number of carbonyl (C=O) groups excluding carboxylic acids is 1. The Morgan fingerprint density at radius 1 is 1.53 bits per heavy atom. The van der Waals surface area contributed by atoms with Crippen LogP contribution in [0.1, 0.15) is 31.8 Å². The fraction of sp³-hybridized carbons (Fsp3) is 0.200. The fourth-order valence-electron chi connectivity index (χ4n) is 1.67. The molecule has 2 N–H and O–H groups in total. The van der Waals surface area contributed by atoms with Crippen LogP contribution in [-0.4, -0.2) is 22.2 Å². The van der Waals surface area contributed by atoms with Crippen LogP contribution in [0.15, 0.2) is 6.07 Å². The zero-order chi connectivity index (χ0) is 11.2. The molecule has 5 heteroatoms. The van der Waals surface area contributed by atoms with Crippen LogP contribution in [0.25, 0.3) is 0 Å². The van der Waals surface area contributed by atoms with Crippen molar-refractivity contribution in [2.24, 2.45) is 0 Å². The lowest BCUT2D eigenvalue weighted by atomic mass is 9.99. The highest BCUT2D eigenvalue weighted by Crippen LogP contribution is 2.34. The molecular weight excluding hydrogens is 200 g/mol. The first kappa shape index (κ1) is 9.51. The molecule has 1 heterocycles. The SMILES string of the molecule is Cc1cc(C(=O)O)c(O)c2c1C(=O)OC2. The zero-order valence-corrected chi connectivity index (χ0v) is 7.90. The van der Waals surface area contributed by atoms with Crippen molar-refractivity contribution >= 4 is 11.9 Å². The number of ether oxygens (including phenoxy) is 1. The van der Waals surface area contributed by atoms with E-state index in [4.69, 9.17) is 9.84 Å². The van der Waals surface area contributed by atoms with Crippen molar-refractivity contribution in [3.05, 3.63) is 28.3 Å². The molecule has 78 valence electrons. The molecule has 1 aliphatic rings. The van der Waals surface area contributed by atoms with Gasteiger partial charge in [-0.1, -0.05) is 0 Å². The molecule has 1 aromatic carbocycles. The summed E-state index contributed by atoms with van der Waals surface area (Å²) in [4.78, 5) is 22.0. The molecule has 0 bridgehead atoms. The summed E-state index contributed by atoms with van der Waals surface area (Å²) in [6.07, 6.45) is 0. The largest absolute Gasteiger partial charge is 0.507 e. The maximum atomic E-state index is 11.2. The van der Waals surface area contributed by atoms with Crippen LogP contribution in [0, 0.1) is 6.92 Å². The molecule has 0 aromatic heterocycles. The molecule has 5 nitrogen and oxygen atoms in total. The molecule has 0 aliphatic carbocycles. The van der Waals surface area contributed by atoms with Gasteiger partial charge in [0.2, 0.25) is 0 Å². The first-order valence-electron chi connectivity index (χ1n) is 4.28. The molecule has 0 radical (unpaired) electrons. The number of esters is 1. The molecular formula is C10H8O5. The maximum Gasteiger partial charge on any atom is 0.339 e. The Hall–Kier alpha value is -2.04. The molecule has 1 aliphatic heterocycles. The Morgan fingerprint density at radius 2 is 2.20 bits per heavy atom. The van der Waals surface area contributed by atoms with Gasteiger partial charge in [0.25, 0.3) is 0 Å². The predicted molar refractivity (Wildman–Crippen MR) is 48.9 cm³/mol. The third kappa shape index (κ3) is 1.24. The molecule has 15 heavy (non-hydrogen) atoms. The first-order chi connectivity index (χ1) is 7.02. The standard InChI is InChI=1S/C10H8O5/c1-4-2-5(9(12)13)8(11)6-3-15-10(14)7(4)6/h2,11H,3H2,1H3,(H,12,13). The van der Waals surface area contributed by atoms with Gasteiger partial charge < -0.3 is 14.9 Å². The zero-order valence-electron chi connectivity index (χ0n) is 7.90. The van der Waals surface area contributed by atoms with Gasteiger partial charge in [-0.3, -0.25) is 0 Å². The monoisotopic (exact) mass is 208 g/mol. The number of hydrogen-bond acceptors (Lipinski definition) is 4. The topological polar surface area (TPSA) is 83.8 Å². The Labute approximate surface area is 84.9 Å². The van der Waals surface area contributed by atoms with Crippen LogP contribution in [0.3, 0.4) is 0 Å². The van der Waals surface area contributed by atoms with Gasteiger partial charge in [0.15, 0.2) is 0 Å². The Balaban J connectivity index is 2.74. The second kappa shape index (κ2) is 2.98. The van der Waals surface area contributed by atoms with Crippen LogP contribution < -0.4 is 0 Å². The smallest absolute Gasteiger partial charge is 0.339 e. The lowest BCUT2D eigenvalue weighted by Crippen LogP contribution is -2.03. The number of aromatic carboxylic acids is 1. The molecule has 2 rings (SSSR count). The van der Waals surface area contributed by atoms with Crippen LogP contribution in [0.5, 0.6) is 5.75 Å². The summed E-state index contributed by atoms with van der Waals surface area (Å²) < 4.78 is 4.73. The van der Waals surface area contributed by atoms with Gasteiger partial charge in [0, 0.05) is 5.56 Å². The highest BCUT2D eigenvalue weighted by molar-refractivity contribution is 6.00. The molecule has 0 fully saturated rings. The van der Waals surface area contributed by atoms with Crippen molar-refractivity contribution in [2.75, 3.05) is 0 Å². The van der Waals surface area contributed by atoms with E-state index in [1.807, 2.05) is 0 Å². The number of cyclic esters (lactones) is 1. The van der Waals surface area contributed by atoms with Crippen molar-refractivity contribution in [3.8, 4) is 5.75 Å². The lowest BCUT2D eigenvalue weighted by molar-refractivity contribution is 0.0533. The van der Waals surface area contributed by atoms with Crippen molar-refractivity contribution in [1.29, 1.82) is 0 Å². The third-order valence-electron chi connectivity index (χ3n) is 2.38. The van der Waals surface area contributed by atoms with E-state index in [0.29, 0.717) is 5.56 Å². The van der Waals surface area contributed by atoms with E-state index >= 15 is 0 Å². The molecule has 1 aromatic rings. The Kier molecular flexibility index (Phi) is 1.89. The summed E-state index contributed by atoms with van der Waals surface area (Å²) in [5.74, 6) is -2.12. The normalized spacial score (nSPS) is 13.5. The van der Waals surface area contributed by atoms with E-state index in [0.717, 1.165) is 0 Å². The summed E-state index contributed by atoms with van der Waals surface area (Å²) in [7, 11) is 0. The number of carboxylic acids is 1. The van der Waals surface area contributed by atoms with Gasteiger partial charge in [-0.25, -0.2) is 9.59 Å². The molecule has 0 saturated carbocycles. The van der Waals surface area contributed by atoms with Crippen LogP contribution in [-0.2, 0) is 11.3 Å². The van der Waals surface area contributed by atoms with E-state index < -0.39 is 11.9 Å². The van der Waals surface area contributed by atoms with Crippen molar-refractivity contribution in [1.82, 2.24) is 0 Å². The molecule has 0 amide bonds. The summed E-state index contributed by atoms with van der Waals surface area (Å²) in [6.45, 7) is 1.54. The number of aryl methyl sites for hydroxylation is 1. The van der Waals surface area contributed by atoms with Gasteiger partial charge >= 0.3 is 11.9 Å². The summed E-state index contributed by atoms with van der Waals surface area (Å²) in [5, 5.41) is 18.4. The van der Waals surface area contributed by atoms with Crippen LogP contribution in [0.4, 0.5) is 0 Å². The number of rotatable bonds is 1. The first-order valence-corrected chi connectivity index (χ1v) is 4.28. The minimum Gasteiger partial charge on any atom is -0.507 e. The quantitative estimate of drug-likeness (QED) is 0.674. The highest BCUT2D eigenvalue weighted by Gasteiger charge is 2.29. The average Bonchev–Trinajstić information content (AvgIpc) is 2.54. The van der Waals surface area contributed by atoms with E-state index in [1.165, 1.54) is 6.07 Å². The number of fused-ring (bicyclic) bond motifs is 1. The van der Waals surface area contributed by atoms with E-state index in [1.54, 1.807) is 6.92 Å². The van der Waals surface area contributed by atoms with Crippen LogP contribution >= 0.6 is 0 Å². The molecule has 0 saturated heterocycles. The van der Waals surface area contributed by atoms with Crippen LogP contribution in [0.2, 0.25) is 0 Å². The van der Waals surface area contributed by atoms with E-state index in [2.05, 4.69) is 0 Å². The van der Waals surface area contributed by atoms with Gasteiger partial charge in [-0.05, 0) is 18.6 Å². The van der Waals surface area contributed by atoms with Gasteiger partial charge in [0.1, 0.15) is 17.9 Å². The summed E-state index contributed by atoms with van der Waals surface area (Å²) in [6, 6.07) is 1.27. The van der Waals surface area contributed by atoms with E-state index in [9.17, 15) is 14.7 Å². The van der Waals surface area contributed by atoms with E-state index in [-0.39, 0.29) is 29.0 Å².